The summed E-state index contributed by atoms with van der Waals surface area (Å²) < 4.78 is 29.8. The molecule has 0 unspecified atom stereocenters. The predicted octanol–water partition coefficient (Wildman–Crippen LogP) is 4.61. The number of hydrogen-bond acceptors (Lipinski definition) is 5. The van der Waals surface area contributed by atoms with Crippen LogP contribution in [-0.4, -0.2) is 22.5 Å². The topological polar surface area (TPSA) is 56.5 Å². The lowest BCUT2D eigenvalue weighted by Crippen LogP contribution is -2.16. The molecule has 4 rings (SSSR count). The van der Waals surface area contributed by atoms with E-state index in [0.717, 1.165) is 15.1 Å². The summed E-state index contributed by atoms with van der Waals surface area (Å²) in [5.74, 6) is 0.0547. The second-order valence-corrected chi connectivity index (χ2v) is 6.81. The number of rotatable bonds is 5. The van der Waals surface area contributed by atoms with Gasteiger partial charge in [-0.05, 0) is 41.5 Å². The van der Waals surface area contributed by atoms with Crippen molar-refractivity contribution in [3.63, 3.8) is 0 Å². The van der Waals surface area contributed by atoms with Gasteiger partial charge in [-0.1, -0.05) is 30.3 Å². The van der Waals surface area contributed by atoms with Crippen molar-refractivity contribution >= 4 is 27.8 Å². The number of hydrogen-bond donors (Lipinski definition) is 0. The highest BCUT2D eigenvalue weighted by Crippen LogP contribution is 2.30. The van der Waals surface area contributed by atoms with Crippen molar-refractivity contribution in [1.82, 2.24) is 9.66 Å². The Kier molecular flexibility index (Phi) is 4.94. The van der Waals surface area contributed by atoms with Crippen LogP contribution in [0.3, 0.4) is 0 Å². The van der Waals surface area contributed by atoms with E-state index in [2.05, 4.69) is 14.8 Å². The van der Waals surface area contributed by atoms with Crippen LogP contribution in [0.25, 0.3) is 20.7 Å². The molecule has 4 aromatic rings. The summed E-state index contributed by atoms with van der Waals surface area (Å²) in [4.78, 5) is 18.6. The van der Waals surface area contributed by atoms with E-state index in [-0.39, 0.29) is 11.3 Å². The fraction of sp³-hybridized carbons (Fsp3) is 0.0500. The number of thiophene rings is 1. The second kappa shape index (κ2) is 7.69. The molecule has 5 nitrogen and oxygen atoms in total. The first-order chi connectivity index (χ1) is 13.6. The monoisotopic (exact) mass is 397 g/mol. The molecule has 0 saturated heterocycles. The SMILES string of the molecule is O=c1c2cc(-c3ccccc3)sc2ncn1N=Cc1ccc(OC(F)F)cc1. The maximum atomic E-state index is 12.7. The van der Waals surface area contributed by atoms with E-state index in [1.807, 2.05) is 36.4 Å². The zero-order valence-corrected chi connectivity index (χ0v) is 15.1. The van der Waals surface area contributed by atoms with Crippen molar-refractivity contribution in [2.75, 3.05) is 0 Å². The molecule has 2 heterocycles. The van der Waals surface area contributed by atoms with Gasteiger partial charge in [0.1, 0.15) is 16.9 Å². The summed E-state index contributed by atoms with van der Waals surface area (Å²) in [7, 11) is 0. The first kappa shape index (κ1) is 18.0. The summed E-state index contributed by atoms with van der Waals surface area (Å²) in [6.07, 6.45) is 2.81. The molecule has 0 aliphatic carbocycles. The molecule has 0 aliphatic heterocycles. The third kappa shape index (κ3) is 3.81. The third-order valence-electron chi connectivity index (χ3n) is 3.93. The van der Waals surface area contributed by atoms with E-state index >= 15 is 0 Å². The maximum Gasteiger partial charge on any atom is 0.387 e. The molecular formula is C20H13F2N3O2S. The summed E-state index contributed by atoms with van der Waals surface area (Å²) in [6.45, 7) is -2.87. The average molecular weight is 397 g/mol. The van der Waals surface area contributed by atoms with Crippen molar-refractivity contribution in [1.29, 1.82) is 0 Å². The highest BCUT2D eigenvalue weighted by molar-refractivity contribution is 7.21. The van der Waals surface area contributed by atoms with Crippen molar-refractivity contribution in [3.05, 3.63) is 82.9 Å². The van der Waals surface area contributed by atoms with Crippen LogP contribution in [0.5, 0.6) is 5.75 Å². The molecule has 0 spiro atoms. The molecule has 2 aromatic carbocycles. The van der Waals surface area contributed by atoms with Gasteiger partial charge in [0.2, 0.25) is 0 Å². The third-order valence-corrected chi connectivity index (χ3v) is 5.02. The first-order valence-corrected chi connectivity index (χ1v) is 9.08. The van der Waals surface area contributed by atoms with Crippen LogP contribution < -0.4 is 10.3 Å². The van der Waals surface area contributed by atoms with E-state index in [1.165, 1.54) is 36.0 Å². The predicted molar refractivity (Wildman–Crippen MR) is 105 cm³/mol. The van der Waals surface area contributed by atoms with Gasteiger partial charge in [-0.25, -0.2) is 4.98 Å². The van der Waals surface area contributed by atoms with Crippen molar-refractivity contribution < 1.29 is 13.5 Å². The molecule has 0 bridgehead atoms. The average Bonchev–Trinajstić information content (AvgIpc) is 3.14. The lowest BCUT2D eigenvalue weighted by Gasteiger charge is -2.03. The Hall–Kier alpha value is -3.39. The van der Waals surface area contributed by atoms with Crippen LogP contribution in [0.15, 0.2) is 76.9 Å². The fourth-order valence-corrected chi connectivity index (χ4v) is 3.60. The number of benzene rings is 2. The van der Waals surface area contributed by atoms with Crippen molar-refractivity contribution in [2.24, 2.45) is 5.10 Å². The number of halogens is 2. The summed E-state index contributed by atoms with van der Waals surface area (Å²) >= 11 is 1.44. The largest absolute Gasteiger partial charge is 0.435 e. The highest BCUT2D eigenvalue weighted by atomic mass is 32.1. The summed E-state index contributed by atoms with van der Waals surface area (Å²) in [5.41, 5.74) is 1.37. The minimum absolute atomic E-state index is 0.0547. The molecular weight excluding hydrogens is 384 g/mol. The number of fused-ring (bicyclic) bond motifs is 1. The Labute approximate surface area is 162 Å². The van der Waals surface area contributed by atoms with Gasteiger partial charge in [-0.3, -0.25) is 4.79 Å². The summed E-state index contributed by atoms with van der Waals surface area (Å²) in [6, 6.07) is 17.5. The standard InChI is InChI=1S/C20H13F2N3O2S/c21-20(22)27-15-8-6-13(7-9-15)11-24-25-12-23-18-16(19(25)26)10-17(28-18)14-4-2-1-3-5-14/h1-12,20H. The van der Waals surface area contributed by atoms with E-state index < -0.39 is 6.61 Å². The second-order valence-electron chi connectivity index (χ2n) is 5.78. The Morgan fingerprint density at radius 1 is 1.11 bits per heavy atom. The normalized spacial score (nSPS) is 11.5. The Balaban J connectivity index is 1.61. The number of nitrogens with zero attached hydrogens (tertiary/aromatic N) is 3. The molecule has 0 N–H and O–H groups in total. The van der Waals surface area contributed by atoms with Gasteiger partial charge in [0, 0.05) is 4.88 Å². The first-order valence-electron chi connectivity index (χ1n) is 8.26. The summed E-state index contributed by atoms with van der Waals surface area (Å²) in [5, 5.41) is 4.62. The van der Waals surface area contributed by atoms with E-state index in [9.17, 15) is 13.6 Å². The number of alkyl halides is 2. The molecule has 0 amide bonds. The van der Waals surface area contributed by atoms with Gasteiger partial charge in [0.15, 0.2) is 0 Å². The zero-order valence-electron chi connectivity index (χ0n) is 14.3. The molecule has 2 aromatic heterocycles. The van der Waals surface area contributed by atoms with Gasteiger partial charge < -0.3 is 4.74 Å². The van der Waals surface area contributed by atoms with E-state index in [0.29, 0.717) is 15.8 Å². The van der Waals surface area contributed by atoms with Gasteiger partial charge in [-0.15, -0.1) is 11.3 Å². The fourth-order valence-electron chi connectivity index (χ4n) is 2.60. The molecule has 0 fully saturated rings. The lowest BCUT2D eigenvalue weighted by molar-refractivity contribution is -0.0498. The molecule has 0 atom stereocenters. The van der Waals surface area contributed by atoms with Gasteiger partial charge in [-0.2, -0.15) is 18.6 Å². The number of ether oxygens (including phenoxy) is 1. The van der Waals surface area contributed by atoms with Crippen LogP contribution >= 0.6 is 11.3 Å². The number of aromatic nitrogens is 2. The van der Waals surface area contributed by atoms with Gasteiger partial charge >= 0.3 is 6.61 Å². The minimum Gasteiger partial charge on any atom is -0.435 e. The van der Waals surface area contributed by atoms with Crippen LogP contribution in [0.1, 0.15) is 5.56 Å². The van der Waals surface area contributed by atoms with Crippen LogP contribution in [0.2, 0.25) is 0 Å². The van der Waals surface area contributed by atoms with Crippen molar-refractivity contribution in [3.8, 4) is 16.2 Å². The molecule has 28 heavy (non-hydrogen) atoms. The Bertz CT molecular complexity index is 1190. The molecule has 0 radical (unpaired) electrons. The smallest absolute Gasteiger partial charge is 0.387 e. The Morgan fingerprint density at radius 3 is 2.57 bits per heavy atom. The zero-order chi connectivity index (χ0) is 19.5. The molecule has 140 valence electrons. The van der Waals surface area contributed by atoms with Gasteiger partial charge in [0.25, 0.3) is 5.56 Å². The maximum absolute atomic E-state index is 12.7. The van der Waals surface area contributed by atoms with Crippen LogP contribution in [0, 0.1) is 0 Å². The Morgan fingerprint density at radius 2 is 1.86 bits per heavy atom. The minimum atomic E-state index is -2.87. The van der Waals surface area contributed by atoms with E-state index in [1.54, 1.807) is 12.1 Å². The molecule has 8 heteroatoms. The lowest BCUT2D eigenvalue weighted by atomic mass is 10.2. The van der Waals surface area contributed by atoms with Crippen LogP contribution in [0.4, 0.5) is 8.78 Å². The highest BCUT2D eigenvalue weighted by Gasteiger charge is 2.10. The molecule has 0 saturated carbocycles. The van der Waals surface area contributed by atoms with Crippen LogP contribution in [-0.2, 0) is 0 Å². The van der Waals surface area contributed by atoms with Crippen molar-refractivity contribution in [2.45, 2.75) is 6.61 Å². The molecule has 0 aliphatic rings. The quantitative estimate of drug-likeness (QED) is 0.462. The van der Waals surface area contributed by atoms with Gasteiger partial charge in [0.05, 0.1) is 11.6 Å². The van der Waals surface area contributed by atoms with E-state index in [4.69, 9.17) is 0 Å².